The number of thioether (sulfide) groups is 1. The maximum Gasteiger partial charge on any atom is 0.293 e. The highest BCUT2D eigenvalue weighted by atomic mass is 32.2. The standard InChI is InChI=1S/C16H19N3O4S2/c1-16(2,11-24-12-6-4-3-5-7-12)18-14-9-8-13(25(17,22)23)10-15(14)19(20)21/h3-10,18H,11H2,1-2H3,(H2,17,22,23). The van der Waals surface area contributed by atoms with Gasteiger partial charge in [-0.25, -0.2) is 13.6 Å². The lowest BCUT2D eigenvalue weighted by atomic mass is 10.1. The van der Waals surface area contributed by atoms with Crippen LogP contribution < -0.4 is 10.5 Å². The summed E-state index contributed by atoms with van der Waals surface area (Å²) in [6.45, 7) is 3.83. The molecule has 7 nitrogen and oxygen atoms in total. The average Bonchev–Trinajstić information content (AvgIpc) is 2.53. The molecular weight excluding hydrogens is 362 g/mol. The van der Waals surface area contributed by atoms with Crippen molar-refractivity contribution >= 4 is 33.2 Å². The predicted molar refractivity (Wildman–Crippen MR) is 99.3 cm³/mol. The lowest BCUT2D eigenvalue weighted by Gasteiger charge is -2.27. The summed E-state index contributed by atoms with van der Waals surface area (Å²) in [5.74, 6) is 0.658. The van der Waals surface area contributed by atoms with Gasteiger partial charge in [-0.05, 0) is 38.1 Å². The van der Waals surface area contributed by atoms with Gasteiger partial charge in [-0.1, -0.05) is 18.2 Å². The van der Waals surface area contributed by atoms with Gasteiger partial charge in [0.2, 0.25) is 10.0 Å². The number of nitro benzene ring substituents is 1. The highest BCUT2D eigenvalue weighted by Crippen LogP contribution is 2.31. The summed E-state index contributed by atoms with van der Waals surface area (Å²) in [6, 6.07) is 13.4. The molecule has 0 aromatic heterocycles. The van der Waals surface area contributed by atoms with E-state index in [1.54, 1.807) is 11.8 Å². The second kappa shape index (κ2) is 7.42. The topological polar surface area (TPSA) is 115 Å². The molecule has 0 bridgehead atoms. The lowest BCUT2D eigenvalue weighted by Crippen LogP contribution is -2.34. The molecule has 0 unspecified atom stereocenters. The van der Waals surface area contributed by atoms with Crippen molar-refractivity contribution in [1.29, 1.82) is 0 Å². The number of nitrogens with one attached hydrogen (secondary N) is 1. The van der Waals surface area contributed by atoms with Crippen molar-refractivity contribution in [1.82, 2.24) is 0 Å². The second-order valence-electron chi connectivity index (χ2n) is 6.09. The van der Waals surface area contributed by atoms with E-state index in [4.69, 9.17) is 5.14 Å². The van der Waals surface area contributed by atoms with Crippen molar-refractivity contribution in [2.24, 2.45) is 5.14 Å². The zero-order chi connectivity index (χ0) is 18.7. The first-order chi connectivity index (χ1) is 11.6. The van der Waals surface area contributed by atoms with E-state index in [0.29, 0.717) is 5.75 Å². The van der Waals surface area contributed by atoms with Gasteiger partial charge in [-0.15, -0.1) is 11.8 Å². The fraction of sp³-hybridized carbons (Fsp3) is 0.250. The maximum atomic E-state index is 11.4. The molecule has 0 saturated heterocycles. The molecule has 9 heteroatoms. The van der Waals surface area contributed by atoms with Crippen molar-refractivity contribution in [3.05, 3.63) is 58.6 Å². The molecule has 0 atom stereocenters. The molecule has 0 heterocycles. The normalized spacial score (nSPS) is 12.0. The highest BCUT2D eigenvalue weighted by Gasteiger charge is 2.24. The van der Waals surface area contributed by atoms with Crippen LogP contribution in [0, 0.1) is 10.1 Å². The number of nitrogens with zero attached hydrogens (tertiary/aromatic N) is 1. The van der Waals surface area contributed by atoms with E-state index in [1.807, 2.05) is 44.2 Å². The van der Waals surface area contributed by atoms with Gasteiger partial charge in [-0.3, -0.25) is 10.1 Å². The van der Waals surface area contributed by atoms with Gasteiger partial charge in [0.1, 0.15) is 5.69 Å². The van der Waals surface area contributed by atoms with Gasteiger partial charge in [0.25, 0.3) is 5.69 Å². The van der Waals surface area contributed by atoms with Crippen molar-refractivity contribution in [3.8, 4) is 0 Å². The van der Waals surface area contributed by atoms with Crippen LogP contribution >= 0.6 is 11.8 Å². The van der Waals surface area contributed by atoms with Gasteiger partial charge in [-0.2, -0.15) is 0 Å². The summed E-state index contributed by atoms with van der Waals surface area (Å²) in [5.41, 5.74) is -0.547. The van der Waals surface area contributed by atoms with E-state index < -0.39 is 20.5 Å². The van der Waals surface area contributed by atoms with Crippen LogP contribution in [0.2, 0.25) is 0 Å². The van der Waals surface area contributed by atoms with Gasteiger partial charge >= 0.3 is 0 Å². The van der Waals surface area contributed by atoms with E-state index in [-0.39, 0.29) is 16.3 Å². The number of benzene rings is 2. The number of nitrogens with two attached hydrogens (primary N) is 1. The molecule has 0 saturated carbocycles. The molecule has 2 rings (SSSR count). The Morgan fingerprint density at radius 3 is 2.40 bits per heavy atom. The van der Waals surface area contributed by atoms with Crippen molar-refractivity contribution in [2.45, 2.75) is 29.2 Å². The molecule has 0 spiro atoms. The van der Waals surface area contributed by atoms with Crippen LogP contribution in [-0.2, 0) is 10.0 Å². The molecule has 0 aliphatic carbocycles. The van der Waals surface area contributed by atoms with Crippen molar-refractivity contribution < 1.29 is 13.3 Å². The van der Waals surface area contributed by atoms with Crippen molar-refractivity contribution in [3.63, 3.8) is 0 Å². The molecular formula is C16H19N3O4S2. The molecule has 2 aromatic carbocycles. The number of sulfonamides is 1. The monoisotopic (exact) mass is 381 g/mol. The summed E-state index contributed by atoms with van der Waals surface area (Å²) in [5, 5.41) is 19.5. The average molecular weight is 381 g/mol. The maximum absolute atomic E-state index is 11.4. The summed E-state index contributed by atoms with van der Waals surface area (Å²) >= 11 is 1.62. The first kappa shape index (κ1) is 19.2. The minimum atomic E-state index is -4.00. The number of hydrogen-bond donors (Lipinski definition) is 2. The third-order valence-electron chi connectivity index (χ3n) is 3.31. The van der Waals surface area contributed by atoms with E-state index in [9.17, 15) is 18.5 Å². The fourth-order valence-electron chi connectivity index (χ4n) is 2.13. The lowest BCUT2D eigenvalue weighted by molar-refractivity contribution is -0.384. The Bertz CT molecular complexity index is 868. The van der Waals surface area contributed by atoms with Gasteiger partial charge in [0.05, 0.1) is 9.82 Å². The number of primary sulfonamides is 1. The van der Waals surface area contributed by atoms with Crippen LogP contribution in [0.1, 0.15) is 13.8 Å². The quantitative estimate of drug-likeness (QED) is 0.432. The van der Waals surface area contributed by atoms with Gasteiger partial charge < -0.3 is 5.32 Å². The zero-order valence-corrected chi connectivity index (χ0v) is 15.4. The minimum Gasteiger partial charge on any atom is -0.374 e. The molecule has 0 radical (unpaired) electrons. The SMILES string of the molecule is CC(C)(CSc1ccccc1)Nc1ccc(S(N)(=O)=O)cc1[N+](=O)[O-]. The molecule has 3 N–H and O–H groups in total. The smallest absolute Gasteiger partial charge is 0.293 e. The number of nitro groups is 1. The molecule has 0 aliphatic rings. The van der Waals surface area contributed by atoms with Crippen LogP contribution in [0.3, 0.4) is 0 Å². The fourth-order valence-corrected chi connectivity index (χ4v) is 3.61. The molecule has 0 fully saturated rings. The molecule has 25 heavy (non-hydrogen) atoms. The first-order valence-electron chi connectivity index (χ1n) is 7.36. The third kappa shape index (κ3) is 5.45. The van der Waals surface area contributed by atoms with Crippen LogP contribution in [0.15, 0.2) is 58.3 Å². The summed E-state index contributed by atoms with van der Waals surface area (Å²) in [4.78, 5) is 11.5. The van der Waals surface area contributed by atoms with Gasteiger partial charge in [0, 0.05) is 22.3 Å². The molecule has 0 aliphatic heterocycles. The Hall–Kier alpha value is -2.10. The summed E-state index contributed by atoms with van der Waals surface area (Å²) < 4.78 is 22.8. The molecule has 134 valence electrons. The summed E-state index contributed by atoms with van der Waals surface area (Å²) in [6.07, 6.45) is 0. The van der Waals surface area contributed by atoms with Crippen LogP contribution in [-0.4, -0.2) is 24.6 Å². The largest absolute Gasteiger partial charge is 0.374 e. The third-order valence-corrected chi connectivity index (χ3v) is 5.69. The van der Waals surface area contributed by atoms with Crippen LogP contribution in [0.5, 0.6) is 0 Å². The Balaban J connectivity index is 2.21. The Labute approximate surface area is 150 Å². The highest BCUT2D eigenvalue weighted by molar-refractivity contribution is 7.99. The Kier molecular flexibility index (Phi) is 5.71. The number of hydrogen-bond acceptors (Lipinski definition) is 6. The van der Waals surface area contributed by atoms with Crippen molar-refractivity contribution in [2.75, 3.05) is 11.1 Å². The predicted octanol–water partition coefficient (Wildman–Crippen LogP) is 3.23. The molecule has 2 aromatic rings. The van der Waals surface area contributed by atoms with E-state index in [1.165, 1.54) is 12.1 Å². The zero-order valence-electron chi connectivity index (χ0n) is 13.8. The van der Waals surface area contributed by atoms with Gasteiger partial charge in [0.15, 0.2) is 0 Å². The molecule has 0 amide bonds. The number of anilines is 1. The summed E-state index contributed by atoms with van der Waals surface area (Å²) in [7, 11) is -4.00. The van der Waals surface area contributed by atoms with Crippen LogP contribution in [0.4, 0.5) is 11.4 Å². The minimum absolute atomic E-state index is 0.246. The van der Waals surface area contributed by atoms with E-state index >= 15 is 0 Å². The first-order valence-corrected chi connectivity index (χ1v) is 9.89. The second-order valence-corrected chi connectivity index (χ2v) is 8.70. The Morgan fingerprint density at radius 1 is 1.20 bits per heavy atom. The van der Waals surface area contributed by atoms with E-state index in [0.717, 1.165) is 11.0 Å². The Morgan fingerprint density at radius 2 is 1.84 bits per heavy atom. The number of rotatable bonds is 7. The van der Waals surface area contributed by atoms with Crippen LogP contribution in [0.25, 0.3) is 0 Å². The van der Waals surface area contributed by atoms with E-state index in [2.05, 4.69) is 5.32 Å².